The van der Waals surface area contributed by atoms with E-state index in [2.05, 4.69) is 183 Å². The van der Waals surface area contributed by atoms with Crippen LogP contribution < -0.4 is 4.90 Å². The van der Waals surface area contributed by atoms with Gasteiger partial charge in [0.05, 0.1) is 5.69 Å². The molecular weight excluding hydrogens is 611 g/mol. The summed E-state index contributed by atoms with van der Waals surface area (Å²) in [5, 5.41) is 7.82. The van der Waals surface area contributed by atoms with E-state index in [1.165, 1.54) is 80.8 Å². The minimum absolute atomic E-state index is 0.0416. The summed E-state index contributed by atoms with van der Waals surface area (Å²) < 4.78 is 2.65. The molecule has 1 heterocycles. The predicted molar refractivity (Wildman–Crippen MR) is 212 cm³/mol. The number of fused-ring (bicyclic) bond motifs is 10. The van der Waals surface area contributed by atoms with Crippen molar-refractivity contribution in [2.24, 2.45) is 0 Å². The topological polar surface area (TPSA) is 3.24 Å². The van der Waals surface area contributed by atoms with Crippen LogP contribution in [0.25, 0.3) is 64.0 Å². The Bertz CT molecular complexity index is 2730. The van der Waals surface area contributed by atoms with Gasteiger partial charge in [-0.15, -0.1) is 11.3 Å². The van der Waals surface area contributed by atoms with E-state index in [0.29, 0.717) is 0 Å². The Labute approximate surface area is 290 Å². The quantitative estimate of drug-likeness (QED) is 0.173. The second-order valence-electron chi connectivity index (χ2n) is 13.7. The molecule has 49 heavy (non-hydrogen) atoms. The third-order valence-electron chi connectivity index (χ3n) is 10.6. The lowest BCUT2D eigenvalue weighted by Gasteiger charge is -2.28. The van der Waals surface area contributed by atoms with Crippen LogP contribution in [0.5, 0.6) is 0 Å². The van der Waals surface area contributed by atoms with Gasteiger partial charge in [-0.3, -0.25) is 0 Å². The summed E-state index contributed by atoms with van der Waals surface area (Å²) in [6.45, 7) is 4.70. The fourth-order valence-corrected chi connectivity index (χ4v) is 9.54. The normalized spacial score (nSPS) is 13.3. The highest BCUT2D eigenvalue weighted by molar-refractivity contribution is 7.27. The molecule has 8 aromatic carbocycles. The molecule has 0 unspecified atom stereocenters. The fourth-order valence-electron chi connectivity index (χ4n) is 8.25. The first kappa shape index (κ1) is 28.3. The molecule has 0 fully saturated rings. The molecule has 1 aliphatic carbocycles. The van der Waals surface area contributed by atoms with Gasteiger partial charge in [0, 0.05) is 42.3 Å². The average Bonchev–Trinajstić information content (AvgIpc) is 3.65. The third kappa shape index (κ3) is 4.24. The molecule has 1 aliphatic rings. The van der Waals surface area contributed by atoms with Gasteiger partial charge in [-0.25, -0.2) is 0 Å². The van der Waals surface area contributed by atoms with Gasteiger partial charge < -0.3 is 4.90 Å². The van der Waals surface area contributed by atoms with Crippen LogP contribution in [0.4, 0.5) is 17.1 Å². The molecule has 0 spiro atoms. The Kier molecular flexibility index (Phi) is 6.16. The zero-order chi connectivity index (χ0) is 32.7. The highest BCUT2D eigenvalue weighted by Crippen LogP contribution is 2.52. The molecule has 0 saturated carbocycles. The van der Waals surface area contributed by atoms with Gasteiger partial charge in [0.1, 0.15) is 0 Å². The van der Waals surface area contributed by atoms with Crippen molar-refractivity contribution in [3.8, 4) is 22.3 Å². The van der Waals surface area contributed by atoms with E-state index in [0.717, 1.165) is 11.4 Å². The average molecular weight is 644 g/mol. The molecule has 9 aromatic rings. The first-order valence-electron chi connectivity index (χ1n) is 17.0. The molecule has 0 N–H and O–H groups in total. The zero-order valence-corrected chi connectivity index (χ0v) is 28.3. The number of hydrogen-bond donors (Lipinski definition) is 0. The van der Waals surface area contributed by atoms with Crippen LogP contribution in [-0.2, 0) is 5.41 Å². The van der Waals surface area contributed by atoms with Crippen molar-refractivity contribution >= 4 is 70.1 Å². The summed E-state index contributed by atoms with van der Waals surface area (Å²) in [6.07, 6.45) is 0. The van der Waals surface area contributed by atoms with Gasteiger partial charge >= 0.3 is 0 Å². The molecule has 0 atom stereocenters. The van der Waals surface area contributed by atoms with Crippen LogP contribution in [0.2, 0.25) is 0 Å². The monoisotopic (exact) mass is 643 g/mol. The molecule has 232 valence electrons. The molecule has 0 aliphatic heterocycles. The maximum Gasteiger partial charge on any atom is 0.0554 e. The van der Waals surface area contributed by atoms with Crippen molar-refractivity contribution in [1.29, 1.82) is 0 Å². The molecule has 0 saturated heterocycles. The lowest BCUT2D eigenvalue weighted by molar-refractivity contribution is 0.660. The van der Waals surface area contributed by atoms with E-state index < -0.39 is 0 Å². The maximum atomic E-state index is 2.48. The van der Waals surface area contributed by atoms with Crippen molar-refractivity contribution in [3.63, 3.8) is 0 Å². The minimum Gasteiger partial charge on any atom is -0.310 e. The number of thiophene rings is 1. The maximum absolute atomic E-state index is 2.48. The predicted octanol–water partition coefficient (Wildman–Crippen LogP) is 13.8. The summed E-state index contributed by atoms with van der Waals surface area (Å²) in [7, 11) is 0. The summed E-state index contributed by atoms with van der Waals surface area (Å²) in [5.74, 6) is 0. The first-order chi connectivity index (χ1) is 24.1. The Hall–Kier alpha value is -5.70. The summed E-state index contributed by atoms with van der Waals surface area (Å²) in [4.78, 5) is 2.48. The van der Waals surface area contributed by atoms with Gasteiger partial charge in [0.15, 0.2) is 0 Å². The van der Waals surface area contributed by atoms with Crippen molar-refractivity contribution in [1.82, 2.24) is 0 Å². The van der Waals surface area contributed by atoms with Crippen molar-refractivity contribution in [2.45, 2.75) is 19.3 Å². The van der Waals surface area contributed by atoms with E-state index in [1.807, 2.05) is 11.3 Å². The summed E-state index contributed by atoms with van der Waals surface area (Å²) in [5.41, 5.74) is 11.3. The fraction of sp³-hybridized carbons (Fsp3) is 0.0638. The van der Waals surface area contributed by atoms with Crippen LogP contribution >= 0.6 is 11.3 Å². The second-order valence-corrected chi connectivity index (χ2v) is 14.8. The second kappa shape index (κ2) is 10.7. The number of rotatable bonds is 4. The van der Waals surface area contributed by atoms with Gasteiger partial charge in [-0.05, 0) is 85.9 Å². The van der Waals surface area contributed by atoms with E-state index in [1.54, 1.807) is 0 Å². The Morgan fingerprint density at radius 2 is 1.16 bits per heavy atom. The minimum atomic E-state index is -0.0416. The Morgan fingerprint density at radius 1 is 0.469 bits per heavy atom. The standard InChI is InChI=1S/C47H33NS/c1-47(2)40-16-9-8-15-37(40)39-29-35(26-28-41(39)47)48(34-24-21-31(22-25-34)30-11-4-3-5-12-30)42-17-10-18-43-45(42)38-27-23-33-20-19-32-13-6-7-14-36(32)44(33)46(38)49-43/h3-29H,1-2H3. The molecule has 0 radical (unpaired) electrons. The molecule has 2 heteroatoms. The van der Waals surface area contributed by atoms with Gasteiger partial charge in [0.2, 0.25) is 0 Å². The first-order valence-corrected chi connectivity index (χ1v) is 17.8. The summed E-state index contributed by atoms with van der Waals surface area (Å²) >= 11 is 1.91. The number of anilines is 3. The van der Waals surface area contributed by atoms with Gasteiger partial charge in [-0.1, -0.05) is 141 Å². The molecule has 1 aromatic heterocycles. The van der Waals surface area contributed by atoms with Crippen molar-refractivity contribution in [3.05, 3.63) is 175 Å². The van der Waals surface area contributed by atoms with E-state index in [9.17, 15) is 0 Å². The largest absolute Gasteiger partial charge is 0.310 e. The lowest BCUT2D eigenvalue weighted by atomic mass is 9.82. The molecule has 0 amide bonds. The van der Waals surface area contributed by atoms with E-state index in [4.69, 9.17) is 0 Å². The van der Waals surface area contributed by atoms with E-state index in [-0.39, 0.29) is 5.41 Å². The Balaban J connectivity index is 1.24. The van der Waals surface area contributed by atoms with Crippen LogP contribution in [0.1, 0.15) is 25.0 Å². The number of nitrogens with zero attached hydrogens (tertiary/aromatic N) is 1. The van der Waals surface area contributed by atoms with Gasteiger partial charge in [0.25, 0.3) is 0 Å². The van der Waals surface area contributed by atoms with Crippen LogP contribution in [0.3, 0.4) is 0 Å². The van der Waals surface area contributed by atoms with Crippen LogP contribution in [-0.4, -0.2) is 0 Å². The highest BCUT2D eigenvalue weighted by atomic mass is 32.1. The zero-order valence-electron chi connectivity index (χ0n) is 27.4. The smallest absolute Gasteiger partial charge is 0.0554 e. The Morgan fingerprint density at radius 3 is 2.04 bits per heavy atom. The van der Waals surface area contributed by atoms with Crippen LogP contribution in [0.15, 0.2) is 164 Å². The van der Waals surface area contributed by atoms with E-state index >= 15 is 0 Å². The van der Waals surface area contributed by atoms with Crippen molar-refractivity contribution in [2.75, 3.05) is 4.90 Å². The van der Waals surface area contributed by atoms with Gasteiger partial charge in [-0.2, -0.15) is 0 Å². The van der Waals surface area contributed by atoms with Crippen molar-refractivity contribution < 1.29 is 0 Å². The van der Waals surface area contributed by atoms with Crippen LogP contribution in [0, 0.1) is 0 Å². The SMILES string of the molecule is CC1(C)c2ccccc2-c2cc(N(c3ccc(-c4ccccc4)cc3)c3cccc4sc5c(ccc6ccc7ccccc7c65)c34)ccc21. The number of hydrogen-bond acceptors (Lipinski definition) is 2. The highest BCUT2D eigenvalue weighted by Gasteiger charge is 2.35. The third-order valence-corrected chi connectivity index (χ3v) is 11.8. The lowest BCUT2D eigenvalue weighted by Crippen LogP contribution is -2.15. The summed E-state index contributed by atoms with van der Waals surface area (Å²) in [6, 6.07) is 60.5. The molecule has 1 nitrogen and oxygen atoms in total. The molecule has 10 rings (SSSR count). The number of benzene rings is 8. The molecular formula is C47H33NS. The molecule has 0 bridgehead atoms.